The Labute approximate surface area is 639 Å². The molecule has 4 aromatic carbocycles. The maximum atomic E-state index is 11.0. The van der Waals surface area contributed by atoms with Crippen LogP contribution in [0.5, 0.6) is 23.0 Å². The number of carbonyl (C=O) groups excluding carboxylic acids is 2. The number of thiophene rings is 2. The van der Waals surface area contributed by atoms with Gasteiger partial charge in [0, 0.05) is 40.2 Å². The summed E-state index contributed by atoms with van der Waals surface area (Å²) in [6.07, 6.45) is 9.94. The van der Waals surface area contributed by atoms with Crippen molar-refractivity contribution in [2.24, 2.45) is 0 Å². The summed E-state index contributed by atoms with van der Waals surface area (Å²) in [6, 6.07) is 45.7. The third kappa shape index (κ3) is 19.5. The van der Waals surface area contributed by atoms with Crippen LogP contribution in [0.15, 0.2) is 215 Å². The normalized spacial score (nSPS) is 15.3. The van der Waals surface area contributed by atoms with E-state index in [4.69, 9.17) is 78.8 Å². The van der Waals surface area contributed by atoms with Crippen molar-refractivity contribution in [2.45, 2.75) is 71.0 Å². The van der Waals surface area contributed by atoms with Crippen molar-refractivity contribution in [1.82, 2.24) is 19.9 Å². The van der Waals surface area contributed by atoms with Crippen LogP contribution in [0, 0.1) is 0 Å². The molecular weight excluding hydrogens is 1550 g/mol. The lowest BCUT2D eigenvalue weighted by Crippen LogP contribution is -2.41. The molecule has 4 aliphatic heterocycles. The fourth-order valence-corrected chi connectivity index (χ4v) is 13.4. The van der Waals surface area contributed by atoms with Gasteiger partial charge >= 0.3 is 7.12 Å². The van der Waals surface area contributed by atoms with E-state index in [9.17, 15) is 9.59 Å². The van der Waals surface area contributed by atoms with E-state index in [1.165, 1.54) is 23.9 Å². The molecular formula is C77H71BBr2N6O19S2. The Hall–Kier alpha value is -9.80. The third-order valence-corrected chi connectivity index (χ3v) is 20.0. The smallest absolute Gasteiger partial charge is 0.497 e. The van der Waals surface area contributed by atoms with Crippen LogP contribution in [0.3, 0.4) is 0 Å². The minimum absolute atomic E-state index is 0.231. The number of hydrogen-bond acceptors (Lipinski definition) is 27. The van der Waals surface area contributed by atoms with Gasteiger partial charge in [0.15, 0.2) is 58.2 Å². The van der Waals surface area contributed by atoms with Crippen molar-refractivity contribution < 1.29 is 88.4 Å². The topological polar surface area (TPSA) is 286 Å². The second-order valence-electron chi connectivity index (χ2n) is 24.8. The maximum absolute atomic E-state index is 11.0. The predicted molar refractivity (Wildman–Crippen MR) is 406 cm³/mol. The first-order valence-electron chi connectivity index (χ1n) is 33.5. The summed E-state index contributed by atoms with van der Waals surface area (Å²) in [7, 11) is 2.81. The van der Waals surface area contributed by atoms with E-state index in [0.29, 0.717) is 97.0 Å². The van der Waals surface area contributed by atoms with Crippen LogP contribution >= 0.6 is 54.5 Å². The molecule has 0 amide bonds. The monoisotopic (exact) mass is 1620 g/mol. The zero-order valence-electron chi connectivity index (χ0n) is 58.6. The molecule has 552 valence electrons. The van der Waals surface area contributed by atoms with E-state index < -0.39 is 7.12 Å². The minimum Gasteiger partial charge on any atom is -0.497 e. The average Bonchev–Trinajstić information content (AvgIpc) is 1.60. The predicted octanol–water partition coefficient (Wildman–Crippen LogP) is 18.0. The number of halogens is 2. The first-order valence-corrected chi connectivity index (χ1v) is 36.7. The van der Waals surface area contributed by atoms with Gasteiger partial charge in [-0.25, -0.2) is 19.9 Å². The molecule has 9 aromatic heterocycles. The second kappa shape index (κ2) is 35.3. The Bertz CT molecular complexity index is 5040. The molecule has 4 fully saturated rings. The third-order valence-electron chi connectivity index (χ3n) is 16.9. The number of fused-ring (bicyclic) bond motifs is 2. The summed E-state index contributed by atoms with van der Waals surface area (Å²) < 4.78 is 96.5. The van der Waals surface area contributed by atoms with Gasteiger partial charge in [-0.3, -0.25) is 9.59 Å². The highest BCUT2D eigenvalue weighted by Gasteiger charge is 2.53. The van der Waals surface area contributed by atoms with Crippen LogP contribution in [-0.4, -0.2) is 105 Å². The maximum Gasteiger partial charge on any atom is 0.532 e. The average molecular weight is 1620 g/mol. The Morgan fingerprint density at radius 3 is 1.40 bits per heavy atom. The molecule has 0 radical (unpaired) electrons. The Kier molecular flexibility index (Phi) is 24.9. The number of benzene rings is 4. The molecule has 4 aliphatic rings. The quantitative estimate of drug-likeness (QED) is 0.0529. The number of aromatic nitrogens is 4. The zero-order valence-corrected chi connectivity index (χ0v) is 63.4. The van der Waals surface area contributed by atoms with E-state index in [1.54, 1.807) is 68.9 Å². The molecule has 0 atom stereocenters. The van der Waals surface area contributed by atoms with Crippen molar-refractivity contribution in [1.29, 1.82) is 0 Å². The SMILES string of the molecule is Brc1cc(C2OCCO2)co1.CC1(C)OB(c2cc(C3OCCO3)co2)OC1(C)C.COc1ccc(COc2cccc(Nc3ncnc4cc(-c5cc(C6OCCO6)co5)sc34)c2)cc1.COc1ccc(COc2cccc(Nc3ncnc4cc(-c5cc(C=O)co5)sc34)c2)cc1.O=Cc1ccc(Br)o1. The standard InChI is InChI=1S/C27H23N3O5S.C25H19N3O4S.C13H19BO5.C7H7BrO3.C5H3BrO2/c1-31-20-7-5-17(6-8-20)14-34-21-4-2-3-19(12-21)30-26-25-22(28-16-29-26)13-24(36-25)23-11-18(15-35-23)27-32-9-10-33-27;1-30-19-7-5-16(6-8-19)13-31-20-4-2-3-18(10-20)28-25-24-21(26-15-27-25)11-23(33-24)22-9-17(12-29)14-32-22;1-12(2)13(3,4)19-14(18-12)10-7-9(8-17-10)11-15-5-6-16-11;8-6-3-5(4-11-6)7-9-1-2-10-7;6-5-2-1-4(3-7)8-5/h2-8,11-13,15-16,27H,9-10,14H2,1H3,(H,28,29,30);2-12,14-15H,13H2,1H3,(H,26,27,28);7-8,11H,5-6H2,1-4H3;3-4,7H,1-2H2;1-3H. The van der Waals surface area contributed by atoms with Crippen molar-refractivity contribution in [3.63, 3.8) is 0 Å². The molecule has 2 N–H and O–H groups in total. The number of nitrogens with one attached hydrogen (secondary N) is 2. The summed E-state index contributed by atoms with van der Waals surface area (Å²) in [5.74, 6) is 6.25. The number of ether oxygens (including phenoxy) is 10. The number of furan rings is 5. The fourth-order valence-electron chi connectivity index (χ4n) is 10.7. The van der Waals surface area contributed by atoms with Crippen LogP contribution in [0.25, 0.3) is 41.7 Å². The molecule has 17 rings (SSSR count). The lowest BCUT2D eigenvalue weighted by atomic mass is 9.86. The van der Waals surface area contributed by atoms with Crippen molar-refractivity contribution in [2.75, 3.05) is 64.5 Å². The molecule has 0 bridgehead atoms. The lowest BCUT2D eigenvalue weighted by molar-refractivity contribution is -0.0446. The Morgan fingerprint density at radius 1 is 0.495 bits per heavy atom. The lowest BCUT2D eigenvalue weighted by Gasteiger charge is -2.32. The van der Waals surface area contributed by atoms with Crippen LogP contribution in [0.1, 0.15) is 95.3 Å². The number of nitrogens with zero attached hydrogens (tertiary/aromatic N) is 4. The van der Waals surface area contributed by atoms with E-state index in [2.05, 4.69) is 62.4 Å². The molecule has 0 aliphatic carbocycles. The number of hydrogen-bond donors (Lipinski definition) is 2. The van der Waals surface area contributed by atoms with Crippen molar-refractivity contribution in [3.05, 3.63) is 232 Å². The van der Waals surface area contributed by atoms with E-state index in [-0.39, 0.29) is 30.1 Å². The van der Waals surface area contributed by atoms with Crippen LogP contribution < -0.4 is 35.2 Å². The van der Waals surface area contributed by atoms with Gasteiger partial charge in [-0.1, -0.05) is 36.4 Å². The molecule has 30 heteroatoms. The minimum atomic E-state index is -0.486. The largest absolute Gasteiger partial charge is 0.532 e. The molecule has 4 saturated heterocycles. The van der Waals surface area contributed by atoms with Crippen LogP contribution in [-0.2, 0) is 50.9 Å². The molecule has 13 aromatic rings. The van der Waals surface area contributed by atoms with Crippen molar-refractivity contribution >= 4 is 123 Å². The number of aldehydes is 2. The summed E-state index contributed by atoms with van der Waals surface area (Å²) >= 11 is 9.31. The number of anilines is 4. The highest BCUT2D eigenvalue weighted by molar-refractivity contribution is 9.10. The van der Waals surface area contributed by atoms with Gasteiger partial charge in [0.1, 0.15) is 78.6 Å². The van der Waals surface area contributed by atoms with E-state index in [1.807, 2.05) is 155 Å². The van der Waals surface area contributed by atoms with E-state index in [0.717, 1.165) is 110 Å². The summed E-state index contributed by atoms with van der Waals surface area (Å²) in [5.41, 5.74) is 8.52. The molecule has 25 nitrogen and oxygen atoms in total. The molecule has 107 heavy (non-hydrogen) atoms. The molecule has 0 spiro atoms. The van der Waals surface area contributed by atoms with Gasteiger partial charge in [0.05, 0.1) is 113 Å². The summed E-state index contributed by atoms with van der Waals surface area (Å²) in [6.45, 7) is 12.7. The first-order chi connectivity index (χ1) is 52.0. The first kappa shape index (κ1) is 75.4. The highest BCUT2D eigenvalue weighted by Crippen LogP contribution is 2.42. The molecule has 0 unspecified atom stereocenters. The van der Waals surface area contributed by atoms with Crippen molar-refractivity contribution in [3.8, 4) is 44.3 Å². The molecule has 0 saturated carbocycles. The molecule has 13 heterocycles. The summed E-state index contributed by atoms with van der Waals surface area (Å²) in [4.78, 5) is 40.4. The van der Waals surface area contributed by atoms with Gasteiger partial charge in [0.2, 0.25) is 0 Å². The van der Waals surface area contributed by atoms with E-state index >= 15 is 0 Å². The Balaban J connectivity index is 0.000000129. The van der Waals surface area contributed by atoms with Gasteiger partial charge in [-0.15, -0.1) is 22.7 Å². The fraction of sp³-hybridized carbons (Fsp3) is 0.247. The van der Waals surface area contributed by atoms with Gasteiger partial charge < -0.3 is 89.4 Å². The second-order valence-corrected chi connectivity index (χ2v) is 28.5. The van der Waals surface area contributed by atoms with Crippen LogP contribution in [0.2, 0.25) is 0 Å². The van der Waals surface area contributed by atoms with Gasteiger partial charge in [0.25, 0.3) is 0 Å². The Morgan fingerprint density at radius 2 is 0.963 bits per heavy atom. The van der Waals surface area contributed by atoms with Crippen LogP contribution in [0.4, 0.5) is 23.0 Å². The number of carbonyl (C=O) groups is 2. The van der Waals surface area contributed by atoms with Gasteiger partial charge in [-0.2, -0.15) is 0 Å². The van der Waals surface area contributed by atoms with Gasteiger partial charge in [-0.05, 0) is 168 Å². The number of methoxy groups -OCH3 is 2. The summed E-state index contributed by atoms with van der Waals surface area (Å²) in [5, 5.41) is 6.77. The highest BCUT2D eigenvalue weighted by atomic mass is 79.9. The number of rotatable bonds is 20. The zero-order chi connectivity index (χ0) is 74.3.